The summed E-state index contributed by atoms with van der Waals surface area (Å²) in [4.78, 5) is 4.35. The maximum atomic E-state index is 4.35. The van der Waals surface area contributed by atoms with Crippen LogP contribution in [0, 0.1) is 0 Å². The average molecular weight is 288 g/mol. The zero-order valence-electron chi connectivity index (χ0n) is 12.3. The predicted octanol–water partition coefficient (Wildman–Crippen LogP) is 3.51. The zero-order chi connectivity index (χ0) is 15.0. The Kier molecular flexibility index (Phi) is 2.82. The highest BCUT2D eigenvalue weighted by Gasteiger charge is 2.32. The highest BCUT2D eigenvalue weighted by Crippen LogP contribution is 2.35. The van der Waals surface area contributed by atoms with Gasteiger partial charge in [0.05, 0.1) is 11.2 Å². The molecular weight excluding hydrogens is 272 g/mol. The fourth-order valence-corrected chi connectivity index (χ4v) is 2.86. The molecule has 1 aromatic heterocycles. The molecule has 3 aromatic rings. The number of benzene rings is 2. The number of nitrogens with one attached hydrogen (secondary N) is 1. The molecule has 1 N–H and O–H groups in total. The van der Waals surface area contributed by atoms with Gasteiger partial charge in [-0.05, 0) is 18.6 Å². The van der Waals surface area contributed by atoms with Crippen LogP contribution < -0.4 is 5.32 Å². The Balaban J connectivity index is 1.90. The summed E-state index contributed by atoms with van der Waals surface area (Å²) < 4.78 is 1.85. The second kappa shape index (κ2) is 4.84. The van der Waals surface area contributed by atoms with Crippen LogP contribution >= 0.6 is 0 Å². The normalized spacial score (nSPS) is 20.0. The Morgan fingerprint density at radius 3 is 2.36 bits per heavy atom. The maximum absolute atomic E-state index is 4.35. The lowest BCUT2D eigenvalue weighted by molar-refractivity contribution is 0.650. The highest BCUT2D eigenvalue weighted by molar-refractivity contribution is 5.72. The summed E-state index contributed by atoms with van der Waals surface area (Å²) in [6, 6.07) is 20.7. The van der Waals surface area contributed by atoms with E-state index in [9.17, 15) is 0 Å². The topological polar surface area (TPSA) is 42.7 Å². The molecule has 2 aromatic carbocycles. The van der Waals surface area contributed by atoms with Gasteiger partial charge in [-0.15, -0.1) is 0 Å². The van der Waals surface area contributed by atoms with Gasteiger partial charge < -0.3 is 5.32 Å². The molecule has 1 aliphatic rings. The first-order chi connectivity index (χ1) is 10.8. The van der Waals surface area contributed by atoms with E-state index in [4.69, 9.17) is 0 Å². The summed E-state index contributed by atoms with van der Waals surface area (Å²) in [7, 11) is 0. The molecule has 0 saturated carbocycles. The highest BCUT2D eigenvalue weighted by atomic mass is 15.4. The Morgan fingerprint density at radius 1 is 0.955 bits per heavy atom. The molecule has 0 fully saturated rings. The Hall–Kier alpha value is -2.88. The molecule has 4 rings (SSSR count). The summed E-state index contributed by atoms with van der Waals surface area (Å²) in [5.41, 5.74) is 3.03. The molecule has 4 heteroatoms. The number of rotatable bonds is 2. The molecule has 0 amide bonds. The Labute approximate surface area is 129 Å². The largest absolute Gasteiger partial charge is 0.341 e. The van der Waals surface area contributed by atoms with Gasteiger partial charge in [0.15, 0.2) is 0 Å². The van der Waals surface area contributed by atoms with E-state index in [1.54, 1.807) is 6.33 Å². The van der Waals surface area contributed by atoms with E-state index in [2.05, 4.69) is 64.8 Å². The fourth-order valence-electron chi connectivity index (χ4n) is 2.86. The van der Waals surface area contributed by atoms with E-state index in [0.29, 0.717) is 0 Å². The molecule has 22 heavy (non-hydrogen) atoms. The summed E-state index contributed by atoms with van der Waals surface area (Å²) in [6.07, 6.45) is 3.79. The third kappa shape index (κ3) is 2.00. The Morgan fingerprint density at radius 2 is 1.64 bits per heavy atom. The van der Waals surface area contributed by atoms with Crippen molar-refractivity contribution in [3.05, 3.63) is 84.2 Å². The fraction of sp³-hybridized carbons (Fsp3) is 0.111. The smallest absolute Gasteiger partial charge is 0.226 e. The van der Waals surface area contributed by atoms with Crippen molar-refractivity contribution in [1.82, 2.24) is 14.8 Å². The quantitative estimate of drug-likeness (QED) is 0.784. The number of hydrogen-bond donors (Lipinski definition) is 1. The SMILES string of the molecule is CC1(c2ccccc2)C=C(c2ccccc2)n2ncnc2N1. The Bertz CT molecular complexity index is 821. The molecule has 4 nitrogen and oxygen atoms in total. The third-order valence-electron chi connectivity index (χ3n) is 4.02. The van der Waals surface area contributed by atoms with E-state index in [0.717, 1.165) is 17.2 Å². The van der Waals surface area contributed by atoms with Crippen molar-refractivity contribution in [2.45, 2.75) is 12.5 Å². The second-order valence-electron chi connectivity index (χ2n) is 5.58. The molecule has 1 atom stereocenters. The van der Waals surface area contributed by atoms with Crippen molar-refractivity contribution >= 4 is 11.6 Å². The number of nitrogens with zero attached hydrogens (tertiary/aromatic N) is 3. The van der Waals surface area contributed by atoms with Crippen molar-refractivity contribution in [1.29, 1.82) is 0 Å². The van der Waals surface area contributed by atoms with Crippen molar-refractivity contribution < 1.29 is 0 Å². The molecule has 1 unspecified atom stereocenters. The van der Waals surface area contributed by atoms with Gasteiger partial charge in [0.1, 0.15) is 6.33 Å². The summed E-state index contributed by atoms with van der Waals surface area (Å²) in [6.45, 7) is 2.16. The van der Waals surface area contributed by atoms with Gasteiger partial charge in [0.2, 0.25) is 5.95 Å². The van der Waals surface area contributed by atoms with E-state index in [-0.39, 0.29) is 5.54 Å². The zero-order valence-corrected chi connectivity index (χ0v) is 12.3. The van der Waals surface area contributed by atoms with Crippen LogP contribution in [-0.4, -0.2) is 14.8 Å². The van der Waals surface area contributed by atoms with Crippen LogP contribution in [0.5, 0.6) is 0 Å². The minimum absolute atomic E-state index is 0.324. The van der Waals surface area contributed by atoms with Gasteiger partial charge in [-0.25, -0.2) is 0 Å². The van der Waals surface area contributed by atoms with Crippen LogP contribution in [0.2, 0.25) is 0 Å². The van der Waals surface area contributed by atoms with Gasteiger partial charge in [0.25, 0.3) is 0 Å². The standard InChI is InChI=1S/C18H16N4/c1-18(15-10-6-3-7-11-15)12-16(14-8-4-2-5-9-14)22-17(21-18)19-13-20-22/h2-13H,1H3,(H,19,20,21). The van der Waals surface area contributed by atoms with E-state index in [1.807, 2.05) is 28.9 Å². The second-order valence-corrected chi connectivity index (χ2v) is 5.58. The molecule has 0 radical (unpaired) electrons. The molecular formula is C18H16N4. The number of fused-ring (bicyclic) bond motifs is 1. The lowest BCUT2D eigenvalue weighted by Crippen LogP contribution is -2.35. The minimum atomic E-state index is -0.324. The van der Waals surface area contributed by atoms with Crippen LogP contribution in [0.1, 0.15) is 18.1 Å². The van der Waals surface area contributed by atoms with Gasteiger partial charge in [-0.1, -0.05) is 60.7 Å². The molecule has 0 aliphatic carbocycles. The predicted molar refractivity (Wildman–Crippen MR) is 87.3 cm³/mol. The summed E-state index contributed by atoms with van der Waals surface area (Å²) >= 11 is 0. The minimum Gasteiger partial charge on any atom is -0.341 e. The van der Waals surface area contributed by atoms with Gasteiger partial charge in [-0.3, -0.25) is 0 Å². The van der Waals surface area contributed by atoms with Crippen LogP contribution in [0.25, 0.3) is 5.70 Å². The summed E-state index contributed by atoms with van der Waals surface area (Å²) in [5, 5.41) is 7.83. The lowest BCUT2D eigenvalue weighted by Gasteiger charge is -2.33. The molecule has 2 heterocycles. The lowest BCUT2D eigenvalue weighted by atomic mass is 9.89. The molecule has 0 bridgehead atoms. The van der Waals surface area contributed by atoms with Crippen LogP contribution in [0.3, 0.4) is 0 Å². The molecule has 108 valence electrons. The third-order valence-corrected chi connectivity index (χ3v) is 4.02. The molecule has 0 saturated heterocycles. The van der Waals surface area contributed by atoms with E-state index < -0.39 is 0 Å². The van der Waals surface area contributed by atoms with Gasteiger partial charge in [0, 0.05) is 5.56 Å². The summed E-state index contributed by atoms with van der Waals surface area (Å²) in [5.74, 6) is 0.757. The number of hydrogen-bond acceptors (Lipinski definition) is 3. The first kappa shape index (κ1) is 12.8. The van der Waals surface area contributed by atoms with Crippen LogP contribution in [-0.2, 0) is 5.54 Å². The number of anilines is 1. The van der Waals surface area contributed by atoms with Crippen molar-refractivity contribution in [2.24, 2.45) is 0 Å². The van der Waals surface area contributed by atoms with Gasteiger partial charge >= 0.3 is 0 Å². The maximum Gasteiger partial charge on any atom is 0.226 e. The van der Waals surface area contributed by atoms with Crippen LogP contribution in [0.4, 0.5) is 5.95 Å². The first-order valence-corrected chi connectivity index (χ1v) is 7.29. The number of aromatic nitrogens is 3. The first-order valence-electron chi connectivity index (χ1n) is 7.29. The van der Waals surface area contributed by atoms with E-state index >= 15 is 0 Å². The van der Waals surface area contributed by atoms with Gasteiger partial charge in [-0.2, -0.15) is 14.8 Å². The molecule has 1 aliphatic heterocycles. The average Bonchev–Trinajstić information content (AvgIpc) is 3.04. The molecule has 0 spiro atoms. The van der Waals surface area contributed by atoms with Crippen LogP contribution in [0.15, 0.2) is 73.1 Å². The van der Waals surface area contributed by atoms with E-state index in [1.165, 1.54) is 5.56 Å². The van der Waals surface area contributed by atoms with Crippen molar-refractivity contribution in [3.63, 3.8) is 0 Å². The van der Waals surface area contributed by atoms with Crippen molar-refractivity contribution in [3.8, 4) is 0 Å². The van der Waals surface area contributed by atoms with Crippen molar-refractivity contribution in [2.75, 3.05) is 5.32 Å². The monoisotopic (exact) mass is 288 g/mol.